The Labute approximate surface area is 102 Å². The third-order valence-electron chi connectivity index (χ3n) is 2.43. The first-order valence-electron chi connectivity index (χ1n) is 5.50. The van der Waals surface area contributed by atoms with Gasteiger partial charge in [-0.25, -0.2) is 4.98 Å². The maximum atomic E-state index is 4.92. The Morgan fingerprint density at radius 3 is 3.11 bits per heavy atom. The van der Waals surface area contributed by atoms with Crippen LogP contribution >= 0.6 is 0 Å². The Kier molecular flexibility index (Phi) is 2.60. The van der Waals surface area contributed by atoms with Gasteiger partial charge in [-0.15, -0.1) is 0 Å². The van der Waals surface area contributed by atoms with Gasteiger partial charge in [-0.05, 0) is 6.92 Å². The van der Waals surface area contributed by atoms with Crippen molar-refractivity contribution in [2.24, 2.45) is 0 Å². The van der Waals surface area contributed by atoms with Crippen molar-refractivity contribution in [1.82, 2.24) is 29.7 Å². The fourth-order valence-corrected chi connectivity index (χ4v) is 1.66. The van der Waals surface area contributed by atoms with Gasteiger partial charge in [0.1, 0.15) is 12.1 Å². The highest BCUT2D eigenvalue weighted by Gasteiger charge is 2.05. The second kappa shape index (κ2) is 4.40. The van der Waals surface area contributed by atoms with Crippen molar-refractivity contribution in [2.75, 3.05) is 11.9 Å². The fraction of sp³-hybridized carbons (Fsp3) is 0.300. The summed E-state index contributed by atoms with van der Waals surface area (Å²) in [6.07, 6.45) is 3.52. The molecule has 0 amide bonds. The van der Waals surface area contributed by atoms with Gasteiger partial charge in [0.25, 0.3) is 5.78 Å². The number of nitrogens with zero attached hydrogens (tertiary/aromatic N) is 6. The van der Waals surface area contributed by atoms with Crippen molar-refractivity contribution in [3.63, 3.8) is 0 Å². The first-order valence-corrected chi connectivity index (χ1v) is 5.50. The summed E-state index contributed by atoms with van der Waals surface area (Å²) < 4.78 is 6.57. The molecule has 0 saturated carbocycles. The molecule has 3 rings (SSSR count). The summed E-state index contributed by atoms with van der Waals surface area (Å²) in [6, 6.07) is 1.91. The molecule has 0 radical (unpaired) electrons. The Hall–Kier alpha value is -2.51. The molecule has 0 unspecified atom stereocenters. The number of aromatic nitrogens is 6. The number of hydrogen-bond donors (Lipinski definition) is 1. The third kappa shape index (κ3) is 1.99. The first kappa shape index (κ1) is 10.6. The molecular weight excluding hydrogens is 234 g/mol. The number of fused-ring (bicyclic) bond motifs is 1. The van der Waals surface area contributed by atoms with E-state index in [1.807, 2.05) is 13.0 Å². The van der Waals surface area contributed by atoms with E-state index in [9.17, 15) is 0 Å². The molecular formula is C10H11N7O. The predicted molar refractivity (Wildman–Crippen MR) is 62.0 cm³/mol. The smallest absolute Gasteiger partial charge is 0.254 e. The van der Waals surface area contributed by atoms with E-state index in [-0.39, 0.29) is 0 Å². The van der Waals surface area contributed by atoms with Crippen LogP contribution in [0.3, 0.4) is 0 Å². The number of aryl methyl sites for hydroxylation is 1. The maximum absolute atomic E-state index is 4.92. The molecule has 0 saturated heterocycles. The Balaban J connectivity index is 1.75. The standard InChI is InChI=1S/C10H11N7O/c1-7-4-8(17-10(16-7)13-5-14-17)11-3-2-9-12-6-15-18-9/h4-6,11H,2-3H2,1H3. The van der Waals surface area contributed by atoms with Gasteiger partial charge >= 0.3 is 0 Å². The Morgan fingerprint density at radius 2 is 2.28 bits per heavy atom. The van der Waals surface area contributed by atoms with Crippen molar-refractivity contribution in [3.8, 4) is 0 Å². The molecule has 3 heterocycles. The molecule has 18 heavy (non-hydrogen) atoms. The lowest BCUT2D eigenvalue weighted by Gasteiger charge is -2.07. The maximum Gasteiger partial charge on any atom is 0.254 e. The molecule has 0 atom stereocenters. The van der Waals surface area contributed by atoms with Crippen LogP contribution in [0.25, 0.3) is 5.78 Å². The topological polar surface area (TPSA) is 94.0 Å². The second-order valence-electron chi connectivity index (χ2n) is 3.77. The van der Waals surface area contributed by atoms with Gasteiger partial charge in [0.15, 0.2) is 6.33 Å². The second-order valence-corrected chi connectivity index (χ2v) is 3.77. The molecule has 0 spiro atoms. The van der Waals surface area contributed by atoms with Crippen LogP contribution in [-0.4, -0.2) is 36.3 Å². The Morgan fingerprint density at radius 1 is 1.33 bits per heavy atom. The highest BCUT2D eigenvalue weighted by molar-refractivity contribution is 5.44. The zero-order valence-corrected chi connectivity index (χ0v) is 9.74. The number of nitrogens with one attached hydrogen (secondary N) is 1. The lowest BCUT2D eigenvalue weighted by molar-refractivity contribution is 0.379. The summed E-state index contributed by atoms with van der Waals surface area (Å²) in [5.74, 6) is 2.02. The van der Waals surface area contributed by atoms with Crippen LogP contribution < -0.4 is 5.32 Å². The summed E-state index contributed by atoms with van der Waals surface area (Å²) in [4.78, 5) is 12.3. The van der Waals surface area contributed by atoms with Gasteiger partial charge in [-0.1, -0.05) is 5.16 Å². The number of rotatable bonds is 4. The molecule has 8 heteroatoms. The molecule has 3 aromatic rings. The van der Waals surface area contributed by atoms with Crippen LogP contribution in [0.2, 0.25) is 0 Å². The summed E-state index contributed by atoms with van der Waals surface area (Å²) in [5, 5.41) is 10.9. The average Bonchev–Trinajstić information content (AvgIpc) is 2.98. The van der Waals surface area contributed by atoms with Gasteiger partial charge in [0.05, 0.1) is 0 Å². The Bertz CT molecular complexity index is 645. The first-order chi connectivity index (χ1) is 8.83. The lowest BCUT2D eigenvalue weighted by atomic mass is 10.4. The van der Waals surface area contributed by atoms with E-state index < -0.39 is 0 Å². The molecule has 0 aromatic carbocycles. The summed E-state index contributed by atoms with van der Waals surface area (Å²) in [7, 11) is 0. The van der Waals surface area contributed by atoms with Crippen LogP contribution in [0, 0.1) is 6.92 Å². The van der Waals surface area contributed by atoms with E-state index >= 15 is 0 Å². The van der Waals surface area contributed by atoms with E-state index in [4.69, 9.17) is 4.52 Å². The van der Waals surface area contributed by atoms with E-state index in [0.717, 1.165) is 11.5 Å². The molecule has 0 aliphatic carbocycles. The van der Waals surface area contributed by atoms with Gasteiger partial charge in [0.2, 0.25) is 5.89 Å². The van der Waals surface area contributed by atoms with Gasteiger partial charge < -0.3 is 9.84 Å². The van der Waals surface area contributed by atoms with Crippen molar-refractivity contribution in [1.29, 1.82) is 0 Å². The number of hydrogen-bond acceptors (Lipinski definition) is 7. The molecule has 3 aromatic heterocycles. The fourth-order valence-electron chi connectivity index (χ4n) is 1.66. The molecule has 0 aliphatic heterocycles. The molecule has 1 N–H and O–H groups in total. The van der Waals surface area contributed by atoms with E-state index in [0.29, 0.717) is 24.6 Å². The minimum absolute atomic E-state index is 0.579. The molecule has 0 fully saturated rings. The van der Waals surface area contributed by atoms with E-state index in [1.54, 1.807) is 4.52 Å². The van der Waals surface area contributed by atoms with E-state index in [2.05, 4.69) is 30.5 Å². The average molecular weight is 245 g/mol. The quantitative estimate of drug-likeness (QED) is 0.713. The summed E-state index contributed by atoms with van der Waals surface area (Å²) in [5.41, 5.74) is 0.885. The number of anilines is 1. The zero-order chi connectivity index (χ0) is 12.4. The van der Waals surface area contributed by atoms with Crippen molar-refractivity contribution in [3.05, 3.63) is 30.3 Å². The van der Waals surface area contributed by atoms with Gasteiger partial charge in [0, 0.05) is 24.7 Å². The summed E-state index contributed by atoms with van der Waals surface area (Å²) in [6.45, 7) is 2.58. The lowest BCUT2D eigenvalue weighted by Crippen LogP contribution is -2.10. The van der Waals surface area contributed by atoms with Crippen LogP contribution in [-0.2, 0) is 6.42 Å². The van der Waals surface area contributed by atoms with Crippen LogP contribution in [0.5, 0.6) is 0 Å². The van der Waals surface area contributed by atoms with Crippen LogP contribution in [0.15, 0.2) is 23.2 Å². The molecule has 0 aliphatic rings. The predicted octanol–water partition coefficient (Wildman–Crippen LogP) is 0.470. The SMILES string of the molecule is Cc1cc(NCCc2ncno2)n2ncnc2n1. The largest absolute Gasteiger partial charge is 0.369 e. The molecule has 8 nitrogen and oxygen atoms in total. The van der Waals surface area contributed by atoms with E-state index in [1.165, 1.54) is 12.7 Å². The highest BCUT2D eigenvalue weighted by atomic mass is 16.5. The minimum atomic E-state index is 0.579. The van der Waals surface area contributed by atoms with Crippen molar-refractivity contribution < 1.29 is 4.52 Å². The normalized spacial score (nSPS) is 10.9. The molecule has 0 bridgehead atoms. The monoisotopic (exact) mass is 245 g/mol. The van der Waals surface area contributed by atoms with Crippen LogP contribution in [0.1, 0.15) is 11.6 Å². The van der Waals surface area contributed by atoms with Crippen LogP contribution in [0.4, 0.5) is 5.82 Å². The van der Waals surface area contributed by atoms with Gasteiger partial charge in [-0.2, -0.15) is 19.6 Å². The van der Waals surface area contributed by atoms with Crippen molar-refractivity contribution in [2.45, 2.75) is 13.3 Å². The highest BCUT2D eigenvalue weighted by Crippen LogP contribution is 2.09. The van der Waals surface area contributed by atoms with Gasteiger partial charge in [-0.3, -0.25) is 0 Å². The molecule has 92 valence electrons. The summed E-state index contributed by atoms with van der Waals surface area (Å²) >= 11 is 0. The van der Waals surface area contributed by atoms with Crippen molar-refractivity contribution >= 4 is 11.6 Å². The minimum Gasteiger partial charge on any atom is -0.369 e. The zero-order valence-electron chi connectivity index (χ0n) is 9.74. The third-order valence-corrected chi connectivity index (χ3v) is 2.43.